The standard InChI is InChI=1S/C5H3NO/c7-5-2-1-3-6-4-5/h2-4H. The third kappa shape index (κ3) is 0.845. The molecule has 2 heteroatoms. The van der Waals surface area contributed by atoms with Crippen molar-refractivity contribution in [1.82, 2.24) is 0 Å². The van der Waals surface area contributed by atoms with Gasteiger partial charge in [0.05, 0.1) is 12.4 Å². The highest BCUT2D eigenvalue weighted by Crippen LogP contribution is 1.78. The monoisotopic (exact) mass is 93.0 g/mol. The summed E-state index contributed by atoms with van der Waals surface area (Å²) in [6.07, 6.45) is 4.03. The molecule has 0 saturated carbocycles. The summed E-state index contributed by atoms with van der Waals surface area (Å²) in [6, 6.07) is 0. The molecule has 0 bridgehead atoms. The second kappa shape index (κ2) is 1.54. The number of carbonyl (C=O) groups is 1. The van der Waals surface area contributed by atoms with E-state index in [1.54, 1.807) is 0 Å². The lowest BCUT2D eigenvalue weighted by atomic mass is 10.4. The Hall–Kier alpha value is -1.14. The molecule has 0 amide bonds. The highest BCUT2D eigenvalue weighted by molar-refractivity contribution is 6.33. The topological polar surface area (TPSA) is 29.4 Å². The maximum absolute atomic E-state index is 10.2. The number of allylic oxidation sites excluding steroid dienone is 1. The molecule has 1 heterocycles. The third-order valence-corrected chi connectivity index (χ3v) is 0.576. The van der Waals surface area contributed by atoms with E-state index >= 15 is 0 Å². The van der Waals surface area contributed by atoms with Crippen molar-refractivity contribution in [3.63, 3.8) is 0 Å². The average Bonchev–Trinajstić information content (AvgIpc) is 1.69. The van der Waals surface area contributed by atoms with Crippen molar-refractivity contribution in [3.8, 4) is 0 Å². The van der Waals surface area contributed by atoms with Crippen molar-refractivity contribution in [2.24, 2.45) is 4.99 Å². The van der Waals surface area contributed by atoms with Crippen LogP contribution < -0.4 is 0 Å². The Kier molecular flexibility index (Phi) is 0.886. The summed E-state index contributed by atoms with van der Waals surface area (Å²) in [7, 11) is 0. The smallest absolute Gasteiger partial charge is 0.204 e. The minimum Gasteiger partial charge on any atom is -0.288 e. The van der Waals surface area contributed by atoms with Crippen LogP contribution in [0.2, 0.25) is 0 Å². The van der Waals surface area contributed by atoms with Crippen LogP contribution in [0.4, 0.5) is 0 Å². The number of rotatable bonds is 0. The lowest BCUT2D eigenvalue weighted by molar-refractivity contribution is -0.108. The summed E-state index contributed by atoms with van der Waals surface area (Å²) in [4.78, 5) is 13.7. The summed E-state index contributed by atoms with van der Waals surface area (Å²) >= 11 is 0. The Labute approximate surface area is 40.9 Å². The molecule has 0 radical (unpaired) electrons. The van der Waals surface area contributed by atoms with Gasteiger partial charge in [-0.2, -0.15) is 0 Å². The predicted molar refractivity (Wildman–Crippen MR) is 26.2 cm³/mol. The highest BCUT2D eigenvalue weighted by atomic mass is 16.1. The number of ketones is 1. The van der Waals surface area contributed by atoms with Gasteiger partial charge in [-0.15, -0.1) is 0 Å². The van der Waals surface area contributed by atoms with E-state index in [-0.39, 0.29) is 5.78 Å². The molecule has 1 aliphatic rings. The van der Waals surface area contributed by atoms with Crippen LogP contribution in [-0.4, -0.2) is 12.0 Å². The Morgan fingerprint density at radius 3 is 2.86 bits per heavy atom. The van der Waals surface area contributed by atoms with Gasteiger partial charge in [0.2, 0.25) is 5.78 Å². The summed E-state index contributed by atoms with van der Waals surface area (Å²) in [5.74, 6) is -0.0949. The fraction of sp³-hybridized carbons (Fsp3) is 0. The summed E-state index contributed by atoms with van der Waals surface area (Å²) < 4.78 is 0. The van der Waals surface area contributed by atoms with Crippen molar-refractivity contribution in [2.45, 2.75) is 0 Å². The molecule has 2 nitrogen and oxygen atoms in total. The first-order chi connectivity index (χ1) is 3.39. The lowest BCUT2D eigenvalue weighted by Gasteiger charge is -1.78. The number of hydrogen-bond acceptors (Lipinski definition) is 2. The van der Waals surface area contributed by atoms with E-state index in [9.17, 15) is 4.79 Å². The molecule has 0 saturated heterocycles. The Morgan fingerprint density at radius 2 is 2.57 bits per heavy atom. The summed E-state index contributed by atoms with van der Waals surface area (Å²) in [5.41, 5.74) is 2.54. The van der Waals surface area contributed by atoms with Crippen LogP contribution in [0.3, 0.4) is 0 Å². The molecule has 0 aliphatic carbocycles. The molecule has 0 unspecified atom stereocenters. The Balaban J connectivity index is 2.98. The van der Waals surface area contributed by atoms with E-state index in [0.717, 1.165) is 0 Å². The van der Waals surface area contributed by atoms with Crippen molar-refractivity contribution in [1.29, 1.82) is 0 Å². The molecule has 0 aromatic rings. The maximum atomic E-state index is 10.2. The van der Waals surface area contributed by atoms with Crippen LogP contribution >= 0.6 is 0 Å². The van der Waals surface area contributed by atoms with Crippen LogP contribution in [0.25, 0.3) is 0 Å². The van der Waals surface area contributed by atoms with Gasteiger partial charge in [-0.1, -0.05) is 5.73 Å². The van der Waals surface area contributed by atoms with Gasteiger partial charge >= 0.3 is 0 Å². The zero-order valence-electron chi connectivity index (χ0n) is 3.59. The van der Waals surface area contributed by atoms with E-state index in [1.165, 1.54) is 18.5 Å². The van der Waals surface area contributed by atoms with Crippen molar-refractivity contribution in [2.75, 3.05) is 0 Å². The van der Waals surface area contributed by atoms with Gasteiger partial charge in [0.25, 0.3) is 0 Å². The molecule has 0 aromatic carbocycles. The molecule has 1 aliphatic heterocycles. The first-order valence-corrected chi connectivity index (χ1v) is 1.88. The third-order valence-electron chi connectivity index (χ3n) is 0.576. The van der Waals surface area contributed by atoms with E-state index < -0.39 is 0 Å². The fourth-order valence-corrected chi connectivity index (χ4v) is 0.310. The van der Waals surface area contributed by atoms with Crippen molar-refractivity contribution in [3.05, 3.63) is 18.0 Å². The van der Waals surface area contributed by atoms with Gasteiger partial charge in [-0.05, 0) is 0 Å². The fourth-order valence-electron chi connectivity index (χ4n) is 0.310. The van der Waals surface area contributed by atoms with Gasteiger partial charge in [0.1, 0.15) is 0 Å². The lowest BCUT2D eigenvalue weighted by Crippen LogP contribution is -1.92. The van der Waals surface area contributed by atoms with Crippen LogP contribution in [0.5, 0.6) is 0 Å². The number of nitrogens with zero attached hydrogens (tertiary/aromatic N) is 1. The van der Waals surface area contributed by atoms with Crippen molar-refractivity contribution >= 4 is 12.0 Å². The first kappa shape index (κ1) is 4.03. The second-order valence-electron chi connectivity index (χ2n) is 1.12. The normalized spacial score (nSPS) is 15.7. The minimum atomic E-state index is -0.0949. The molecule has 0 N–H and O–H groups in total. The molecule has 34 valence electrons. The van der Waals surface area contributed by atoms with E-state index in [1.807, 2.05) is 0 Å². The SMILES string of the molecule is O=C1C=C=CN=C1. The van der Waals surface area contributed by atoms with Gasteiger partial charge in [-0.3, -0.25) is 9.79 Å². The Bertz CT molecular complexity index is 173. The van der Waals surface area contributed by atoms with Gasteiger partial charge in [0, 0.05) is 6.08 Å². The second-order valence-corrected chi connectivity index (χ2v) is 1.12. The summed E-state index contributed by atoms with van der Waals surface area (Å²) in [6.45, 7) is 0. The molecule has 0 fully saturated rings. The minimum absolute atomic E-state index is 0.0949. The molecule has 0 aromatic heterocycles. The van der Waals surface area contributed by atoms with Gasteiger partial charge in [-0.25, -0.2) is 0 Å². The average molecular weight is 93.1 g/mol. The van der Waals surface area contributed by atoms with E-state index in [0.29, 0.717) is 0 Å². The highest BCUT2D eigenvalue weighted by Gasteiger charge is 1.87. The predicted octanol–water partition coefficient (Wildman–Crippen LogP) is 0.309. The quantitative estimate of drug-likeness (QED) is 0.396. The molecule has 1 rings (SSSR count). The van der Waals surface area contributed by atoms with Crippen LogP contribution in [-0.2, 0) is 4.79 Å². The molecular weight excluding hydrogens is 90.1 g/mol. The molecule has 0 atom stereocenters. The van der Waals surface area contributed by atoms with Gasteiger partial charge < -0.3 is 0 Å². The largest absolute Gasteiger partial charge is 0.288 e. The van der Waals surface area contributed by atoms with Crippen molar-refractivity contribution < 1.29 is 4.79 Å². The molecule has 0 spiro atoms. The zero-order chi connectivity index (χ0) is 5.11. The van der Waals surface area contributed by atoms with E-state index in [2.05, 4.69) is 10.7 Å². The maximum Gasteiger partial charge on any atom is 0.204 e. The molecule has 7 heavy (non-hydrogen) atoms. The van der Waals surface area contributed by atoms with Crippen LogP contribution in [0, 0.1) is 0 Å². The van der Waals surface area contributed by atoms with E-state index in [4.69, 9.17) is 0 Å². The zero-order valence-corrected chi connectivity index (χ0v) is 3.59. The Morgan fingerprint density at radius 1 is 1.71 bits per heavy atom. The van der Waals surface area contributed by atoms with Crippen LogP contribution in [0.1, 0.15) is 0 Å². The number of carbonyl (C=O) groups excluding carboxylic acids is 1. The number of aliphatic imine (C=N–C) groups is 1. The van der Waals surface area contributed by atoms with Gasteiger partial charge in [0.15, 0.2) is 0 Å². The number of hydrogen-bond donors (Lipinski definition) is 0. The van der Waals surface area contributed by atoms with Crippen LogP contribution in [0.15, 0.2) is 23.0 Å². The molecular formula is C5H3NO. The first-order valence-electron chi connectivity index (χ1n) is 1.88. The summed E-state index contributed by atoms with van der Waals surface area (Å²) in [5, 5.41) is 0.